The second-order valence-corrected chi connectivity index (χ2v) is 9.12. The topological polar surface area (TPSA) is 90.5 Å². The van der Waals surface area contributed by atoms with Gasteiger partial charge < -0.3 is 10.1 Å². The van der Waals surface area contributed by atoms with E-state index in [4.69, 9.17) is 4.74 Å². The van der Waals surface area contributed by atoms with Gasteiger partial charge in [-0.15, -0.1) is 11.3 Å². The second-order valence-electron chi connectivity index (χ2n) is 8.40. The third-order valence-corrected chi connectivity index (χ3v) is 6.49. The first-order valence-electron chi connectivity index (χ1n) is 11.6. The zero-order chi connectivity index (χ0) is 26.9. The Morgan fingerprint density at radius 3 is 2.62 bits per heavy atom. The van der Waals surface area contributed by atoms with Gasteiger partial charge in [0, 0.05) is 40.8 Å². The molecular formula is C28H17F2N5O3S. The van der Waals surface area contributed by atoms with Crippen molar-refractivity contribution in [3.8, 4) is 28.4 Å². The largest absolute Gasteiger partial charge is 0.452 e. The van der Waals surface area contributed by atoms with Gasteiger partial charge in [-0.2, -0.15) is 5.10 Å². The Morgan fingerprint density at radius 2 is 1.85 bits per heavy atom. The summed E-state index contributed by atoms with van der Waals surface area (Å²) < 4.78 is 37.1. The van der Waals surface area contributed by atoms with Crippen LogP contribution in [0.25, 0.3) is 22.5 Å². The molecule has 0 radical (unpaired) electrons. The second kappa shape index (κ2) is 9.95. The predicted octanol–water partition coefficient (Wildman–Crippen LogP) is 5.93. The van der Waals surface area contributed by atoms with Crippen molar-refractivity contribution in [3.63, 3.8) is 0 Å². The van der Waals surface area contributed by atoms with Gasteiger partial charge in [0.2, 0.25) is 0 Å². The van der Waals surface area contributed by atoms with Crippen molar-refractivity contribution < 1.29 is 18.3 Å². The fraction of sp³-hybridized carbons (Fsp3) is 0. The molecule has 1 amide bonds. The number of hydrogen-bond donors (Lipinski definition) is 1. The number of hydrogen-bond acceptors (Lipinski definition) is 6. The number of ether oxygens (including phenoxy) is 1. The highest BCUT2D eigenvalue weighted by atomic mass is 32.1. The van der Waals surface area contributed by atoms with E-state index in [-0.39, 0.29) is 17.0 Å². The predicted molar refractivity (Wildman–Crippen MR) is 143 cm³/mol. The lowest BCUT2D eigenvalue weighted by molar-refractivity contribution is 0.102. The van der Waals surface area contributed by atoms with E-state index < -0.39 is 23.1 Å². The summed E-state index contributed by atoms with van der Waals surface area (Å²) in [6.07, 6.45) is 4.88. The van der Waals surface area contributed by atoms with Crippen molar-refractivity contribution in [1.82, 2.24) is 19.2 Å². The van der Waals surface area contributed by atoms with Crippen LogP contribution in [0.5, 0.6) is 11.5 Å². The average molecular weight is 542 g/mol. The molecule has 8 nitrogen and oxygen atoms in total. The fourth-order valence-electron chi connectivity index (χ4n) is 4.02. The lowest BCUT2D eigenvalue weighted by Gasteiger charge is -2.12. The van der Waals surface area contributed by atoms with Gasteiger partial charge in [0.25, 0.3) is 11.5 Å². The third kappa shape index (κ3) is 4.78. The van der Waals surface area contributed by atoms with Gasteiger partial charge in [-0.05, 0) is 60.7 Å². The monoisotopic (exact) mass is 541 g/mol. The summed E-state index contributed by atoms with van der Waals surface area (Å²) in [5, 5.41) is 8.68. The number of carbonyl (C=O) groups excluding carboxylic acids is 1. The van der Waals surface area contributed by atoms with Crippen LogP contribution in [0.2, 0.25) is 0 Å². The van der Waals surface area contributed by atoms with Crippen LogP contribution in [-0.4, -0.2) is 25.1 Å². The molecule has 0 saturated carbocycles. The molecule has 6 aromatic rings. The summed E-state index contributed by atoms with van der Waals surface area (Å²) in [7, 11) is 0. The van der Waals surface area contributed by atoms with Crippen LogP contribution in [0.4, 0.5) is 14.5 Å². The summed E-state index contributed by atoms with van der Waals surface area (Å²) in [4.78, 5) is 30.1. The number of halogens is 2. The Hall–Kier alpha value is -5.16. The minimum absolute atomic E-state index is 0.0649. The molecule has 192 valence electrons. The number of benzene rings is 2. The van der Waals surface area contributed by atoms with Gasteiger partial charge in [-0.1, -0.05) is 0 Å². The highest BCUT2D eigenvalue weighted by molar-refractivity contribution is 7.07. The van der Waals surface area contributed by atoms with Crippen LogP contribution in [0.3, 0.4) is 0 Å². The molecule has 0 saturated heterocycles. The normalized spacial score (nSPS) is 11.0. The maximum Gasteiger partial charge on any atom is 0.267 e. The molecule has 0 aliphatic rings. The van der Waals surface area contributed by atoms with Crippen molar-refractivity contribution >= 4 is 28.4 Å². The van der Waals surface area contributed by atoms with Crippen molar-refractivity contribution in [1.29, 1.82) is 0 Å². The Labute approximate surface area is 223 Å². The number of nitrogens with one attached hydrogen (secondary N) is 1. The van der Waals surface area contributed by atoms with E-state index in [0.717, 1.165) is 17.3 Å². The molecule has 0 aliphatic heterocycles. The quantitative estimate of drug-likeness (QED) is 0.282. The van der Waals surface area contributed by atoms with Crippen LogP contribution >= 0.6 is 11.3 Å². The molecule has 6 rings (SSSR count). The summed E-state index contributed by atoms with van der Waals surface area (Å²) in [6.45, 7) is 0. The van der Waals surface area contributed by atoms with E-state index in [0.29, 0.717) is 17.0 Å². The van der Waals surface area contributed by atoms with Crippen LogP contribution < -0.4 is 15.6 Å². The van der Waals surface area contributed by atoms with Crippen LogP contribution in [0.1, 0.15) is 10.4 Å². The van der Waals surface area contributed by atoms with Gasteiger partial charge in [0.1, 0.15) is 16.9 Å². The van der Waals surface area contributed by atoms with Gasteiger partial charge in [0.05, 0.1) is 17.4 Å². The highest BCUT2D eigenvalue weighted by Gasteiger charge is 2.16. The molecule has 0 unspecified atom stereocenters. The standard InChI is InChI=1S/C28H17F2N5O3S/c29-18-3-6-20(7-4-18)34-11-1-2-21(28(34)37)27(36)33-19-5-8-25(22(30)13-19)38-26-12-17(23-15-39-16-31-23)14-35-24(26)9-10-32-35/h1-16H,(H,33,36). The fourth-order valence-corrected chi connectivity index (χ4v) is 4.58. The number of rotatable bonds is 6. The van der Waals surface area contributed by atoms with Crippen molar-refractivity contribution in [2.24, 2.45) is 0 Å². The molecule has 0 bridgehead atoms. The number of aromatic nitrogens is 4. The molecule has 0 fully saturated rings. The molecule has 11 heteroatoms. The van der Waals surface area contributed by atoms with E-state index in [1.165, 1.54) is 70.6 Å². The Balaban J connectivity index is 1.25. The number of pyridine rings is 2. The van der Waals surface area contributed by atoms with E-state index >= 15 is 4.39 Å². The highest BCUT2D eigenvalue weighted by Crippen LogP contribution is 2.33. The average Bonchev–Trinajstić information content (AvgIpc) is 3.63. The lowest BCUT2D eigenvalue weighted by Crippen LogP contribution is -2.27. The first kappa shape index (κ1) is 24.2. The molecule has 4 heterocycles. The first-order chi connectivity index (χ1) is 19.0. The molecule has 39 heavy (non-hydrogen) atoms. The summed E-state index contributed by atoms with van der Waals surface area (Å²) in [5.74, 6) is -1.58. The molecule has 4 aromatic heterocycles. The minimum atomic E-state index is -0.721. The van der Waals surface area contributed by atoms with Crippen molar-refractivity contribution in [2.45, 2.75) is 0 Å². The van der Waals surface area contributed by atoms with Gasteiger partial charge in [-0.3, -0.25) is 14.2 Å². The smallest absolute Gasteiger partial charge is 0.267 e. The van der Waals surface area contributed by atoms with Crippen molar-refractivity contribution in [3.05, 3.63) is 124 Å². The van der Waals surface area contributed by atoms with Crippen LogP contribution in [0, 0.1) is 11.6 Å². The molecular weight excluding hydrogens is 524 g/mol. The van der Waals surface area contributed by atoms with Gasteiger partial charge in [0.15, 0.2) is 17.3 Å². The maximum atomic E-state index is 15.1. The van der Waals surface area contributed by atoms with E-state index in [9.17, 15) is 14.0 Å². The van der Waals surface area contributed by atoms with E-state index in [1.54, 1.807) is 34.6 Å². The summed E-state index contributed by atoms with van der Waals surface area (Å²) in [5.41, 5.74) is 3.59. The van der Waals surface area contributed by atoms with Crippen LogP contribution in [0.15, 0.2) is 101 Å². The number of nitrogens with zero attached hydrogens (tertiary/aromatic N) is 4. The lowest BCUT2D eigenvalue weighted by atomic mass is 10.2. The zero-order valence-corrected chi connectivity index (χ0v) is 20.7. The third-order valence-electron chi connectivity index (χ3n) is 5.91. The van der Waals surface area contributed by atoms with Gasteiger partial charge in [-0.25, -0.2) is 18.3 Å². The SMILES string of the molecule is O=C(Nc1ccc(Oc2cc(-c3cscn3)cn3nccc23)c(F)c1)c1cccn(-c2ccc(F)cc2)c1=O. The zero-order valence-electron chi connectivity index (χ0n) is 19.9. The Kier molecular flexibility index (Phi) is 6.17. The van der Waals surface area contributed by atoms with E-state index in [1.807, 2.05) is 5.38 Å². The van der Waals surface area contributed by atoms with Crippen molar-refractivity contribution in [2.75, 3.05) is 5.32 Å². The van der Waals surface area contributed by atoms with Crippen LogP contribution in [-0.2, 0) is 0 Å². The maximum absolute atomic E-state index is 15.1. The molecule has 0 spiro atoms. The molecule has 1 N–H and O–H groups in total. The minimum Gasteiger partial charge on any atom is -0.452 e. The van der Waals surface area contributed by atoms with E-state index in [2.05, 4.69) is 15.4 Å². The molecule has 0 atom stereocenters. The molecule has 2 aromatic carbocycles. The summed E-state index contributed by atoms with van der Waals surface area (Å²) in [6, 6.07) is 15.6. The number of amides is 1. The first-order valence-corrected chi connectivity index (χ1v) is 12.5. The molecule has 0 aliphatic carbocycles. The number of thiazole rings is 1. The Bertz CT molecular complexity index is 1880. The number of carbonyl (C=O) groups is 1. The Morgan fingerprint density at radius 1 is 1.00 bits per heavy atom. The summed E-state index contributed by atoms with van der Waals surface area (Å²) >= 11 is 1.45. The number of anilines is 1. The van der Waals surface area contributed by atoms with Gasteiger partial charge >= 0.3 is 0 Å². The number of fused-ring (bicyclic) bond motifs is 1.